The van der Waals surface area contributed by atoms with Crippen molar-refractivity contribution in [1.82, 2.24) is 4.90 Å². The molecule has 134 valence electrons. The number of nitro groups is 1. The number of nitro benzene ring substituents is 1. The fourth-order valence-corrected chi connectivity index (χ4v) is 3.59. The number of thiocarbonyl (C=S) groups is 1. The molecule has 0 N–H and O–H groups in total. The van der Waals surface area contributed by atoms with Crippen LogP contribution in [0.2, 0.25) is 0 Å². The lowest BCUT2D eigenvalue weighted by Gasteiger charge is -2.16. The zero-order valence-electron chi connectivity index (χ0n) is 14.3. The number of methoxy groups -OCH3 is 2. The largest absolute Gasteiger partial charge is 0.493 e. The predicted molar refractivity (Wildman–Crippen MR) is 101 cm³/mol. The highest BCUT2D eigenvalue weighted by molar-refractivity contribution is 8.26. The highest BCUT2D eigenvalue weighted by atomic mass is 32.2. The molecule has 0 spiro atoms. The number of ether oxygens (including phenoxy) is 2. The van der Waals surface area contributed by atoms with Gasteiger partial charge in [0.05, 0.1) is 35.7 Å². The van der Waals surface area contributed by atoms with Gasteiger partial charge in [0.25, 0.3) is 11.6 Å². The van der Waals surface area contributed by atoms with Crippen molar-refractivity contribution in [2.24, 2.45) is 5.92 Å². The Morgan fingerprint density at radius 1 is 1.32 bits per heavy atom. The van der Waals surface area contributed by atoms with E-state index in [1.807, 2.05) is 13.8 Å². The number of carbonyl (C=O) groups excluding carboxylic acids is 1. The normalized spacial score (nSPS) is 16.0. The third kappa shape index (κ3) is 4.10. The lowest BCUT2D eigenvalue weighted by molar-refractivity contribution is -0.385. The van der Waals surface area contributed by atoms with Crippen molar-refractivity contribution in [3.63, 3.8) is 0 Å². The number of rotatable bonds is 6. The van der Waals surface area contributed by atoms with Gasteiger partial charge in [0.15, 0.2) is 11.5 Å². The van der Waals surface area contributed by atoms with Crippen LogP contribution >= 0.6 is 24.0 Å². The third-order valence-corrected chi connectivity index (χ3v) is 4.82. The van der Waals surface area contributed by atoms with E-state index in [9.17, 15) is 14.9 Å². The topological polar surface area (TPSA) is 81.9 Å². The molecule has 1 heterocycles. The number of amides is 1. The number of carbonyl (C=O) groups is 1. The summed E-state index contributed by atoms with van der Waals surface area (Å²) in [6.45, 7) is 4.49. The molecule has 1 amide bonds. The molecule has 1 aliphatic heterocycles. The Morgan fingerprint density at radius 2 is 1.92 bits per heavy atom. The van der Waals surface area contributed by atoms with E-state index >= 15 is 0 Å². The number of nitrogens with zero attached hydrogens (tertiary/aromatic N) is 2. The second-order valence-electron chi connectivity index (χ2n) is 5.71. The Kier molecular flexibility index (Phi) is 6.02. The van der Waals surface area contributed by atoms with E-state index in [2.05, 4.69) is 0 Å². The maximum Gasteiger partial charge on any atom is 0.280 e. The first-order valence-electron chi connectivity index (χ1n) is 7.44. The van der Waals surface area contributed by atoms with E-state index in [0.29, 0.717) is 21.5 Å². The Labute approximate surface area is 155 Å². The van der Waals surface area contributed by atoms with E-state index in [-0.39, 0.29) is 28.8 Å². The van der Waals surface area contributed by atoms with E-state index in [1.165, 1.54) is 37.3 Å². The molecule has 0 aromatic heterocycles. The minimum atomic E-state index is -0.525. The highest BCUT2D eigenvalue weighted by Crippen LogP contribution is 2.38. The van der Waals surface area contributed by atoms with Crippen molar-refractivity contribution in [2.75, 3.05) is 20.8 Å². The van der Waals surface area contributed by atoms with Gasteiger partial charge in [-0.1, -0.05) is 37.8 Å². The van der Waals surface area contributed by atoms with Gasteiger partial charge in [-0.2, -0.15) is 0 Å². The summed E-state index contributed by atoms with van der Waals surface area (Å²) in [5, 5.41) is 11.4. The van der Waals surface area contributed by atoms with Crippen molar-refractivity contribution >= 4 is 46.0 Å². The number of thioether (sulfide) groups is 1. The van der Waals surface area contributed by atoms with E-state index in [0.717, 1.165) is 11.8 Å². The van der Waals surface area contributed by atoms with Crippen LogP contribution in [-0.4, -0.2) is 40.8 Å². The Morgan fingerprint density at radius 3 is 2.44 bits per heavy atom. The third-order valence-electron chi connectivity index (χ3n) is 3.44. The van der Waals surface area contributed by atoms with Crippen LogP contribution < -0.4 is 9.47 Å². The molecule has 0 radical (unpaired) electrons. The predicted octanol–water partition coefficient (Wildman–Crippen LogP) is 3.47. The Hall–Kier alpha value is -2.13. The van der Waals surface area contributed by atoms with Crippen molar-refractivity contribution in [2.45, 2.75) is 13.8 Å². The summed E-state index contributed by atoms with van der Waals surface area (Å²) in [6, 6.07) is 2.76. The van der Waals surface area contributed by atoms with Crippen LogP contribution in [0.15, 0.2) is 17.0 Å². The molecule has 0 aliphatic carbocycles. The van der Waals surface area contributed by atoms with Gasteiger partial charge in [0, 0.05) is 6.54 Å². The zero-order valence-corrected chi connectivity index (χ0v) is 15.9. The van der Waals surface area contributed by atoms with Gasteiger partial charge < -0.3 is 9.47 Å². The molecule has 7 nitrogen and oxygen atoms in total. The molecule has 0 bridgehead atoms. The Balaban J connectivity index is 2.48. The zero-order chi connectivity index (χ0) is 18.7. The quantitative estimate of drug-likeness (QED) is 0.322. The molecule has 1 aromatic carbocycles. The summed E-state index contributed by atoms with van der Waals surface area (Å²) >= 11 is 6.39. The van der Waals surface area contributed by atoms with Crippen LogP contribution in [0.1, 0.15) is 19.4 Å². The van der Waals surface area contributed by atoms with Crippen LogP contribution in [0.5, 0.6) is 11.5 Å². The second-order valence-corrected chi connectivity index (χ2v) is 7.39. The molecule has 2 rings (SSSR count). The van der Waals surface area contributed by atoms with Crippen LogP contribution in [-0.2, 0) is 4.79 Å². The molecule has 0 atom stereocenters. The van der Waals surface area contributed by atoms with Gasteiger partial charge in [-0.3, -0.25) is 19.8 Å². The molecular weight excluding hydrogens is 364 g/mol. The van der Waals surface area contributed by atoms with Gasteiger partial charge in [-0.05, 0) is 18.1 Å². The number of hydrogen-bond donors (Lipinski definition) is 0. The first-order chi connectivity index (χ1) is 11.8. The summed E-state index contributed by atoms with van der Waals surface area (Å²) in [4.78, 5) is 25.2. The summed E-state index contributed by atoms with van der Waals surface area (Å²) in [5.41, 5.74) is 0.0828. The maximum absolute atomic E-state index is 12.5. The molecule has 9 heteroatoms. The van der Waals surface area contributed by atoms with Crippen LogP contribution in [0.3, 0.4) is 0 Å². The SMILES string of the molecule is COc1cc(/C=C2\SC(=S)N(CC(C)C)C2=O)c([N+](=O)[O-])cc1OC. The van der Waals surface area contributed by atoms with Crippen molar-refractivity contribution in [3.05, 3.63) is 32.7 Å². The van der Waals surface area contributed by atoms with Crippen LogP contribution in [0.25, 0.3) is 6.08 Å². The van der Waals surface area contributed by atoms with Gasteiger partial charge in [-0.15, -0.1) is 0 Å². The first kappa shape index (κ1) is 19.2. The average molecular weight is 382 g/mol. The molecule has 0 saturated carbocycles. The van der Waals surface area contributed by atoms with Crippen molar-refractivity contribution < 1.29 is 19.2 Å². The second kappa shape index (κ2) is 7.83. The molecular formula is C16H18N2O5S2. The van der Waals surface area contributed by atoms with Crippen LogP contribution in [0, 0.1) is 16.0 Å². The van der Waals surface area contributed by atoms with E-state index in [1.54, 1.807) is 0 Å². The van der Waals surface area contributed by atoms with Crippen LogP contribution in [0.4, 0.5) is 5.69 Å². The van der Waals surface area contributed by atoms with Gasteiger partial charge in [-0.25, -0.2) is 0 Å². The maximum atomic E-state index is 12.5. The summed E-state index contributed by atoms with van der Waals surface area (Å²) in [6.07, 6.45) is 1.47. The van der Waals surface area contributed by atoms with Gasteiger partial charge in [0.2, 0.25) is 0 Å². The molecule has 1 saturated heterocycles. The molecule has 1 aliphatic rings. The minimum absolute atomic E-state index is 0.174. The fourth-order valence-electron chi connectivity index (χ4n) is 2.32. The smallest absolute Gasteiger partial charge is 0.280 e. The average Bonchev–Trinajstić information content (AvgIpc) is 2.81. The molecule has 1 aromatic rings. The summed E-state index contributed by atoms with van der Waals surface area (Å²) < 4.78 is 10.7. The van der Waals surface area contributed by atoms with Crippen molar-refractivity contribution in [1.29, 1.82) is 0 Å². The summed E-state index contributed by atoms with van der Waals surface area (Å²) in [5.74, 6) is 0.612. The lowest BCUT2D eigenvalue weighted by Crippen LogP contribution is -2.31. The molecule has 1 fully saturated rings. The monoisotopic (exact) mass is 382 g/mol. The number of benzene rings is 1. The first-order valence-corrected chi connectivity index (χ1v) is 8.66. The van der Waals surface area contributed by atoms with Crippen molar-refractivity contribution in [3.8, 4) is 11.5 Å². The standard InChI is InChI=1S/C16H18N2O5S2/c1-9(2)8-17-15(19)14(25-16(17)24)6-10-5-12(22-3)13(23-4)7-11(10)18(20)21/h5-7,9H,8H2,1-4H3/b14-6-. The number of hydrogen-bond acceptors (Lipinski definition) is 7. The van der Waals surface area contributed by atoms with E-state index in [4.69, 9.17) is 21.7 Å². The summed E-state index contributed by atoms with van der Waals surface area (Å²) in [7, 11) is 2.84. The van der Waals surface area contributed by atoms with Gasteiger partial charge >= 0.3 is 0 Å². The minimum Gasteiger partial charge on any atom is -0.493 e. The Bertz CT molecular complexity index is 761. The fraction of sp³-hybridized carbons (Fsp3) is 0.375. The van der Waals surface area contributed by atoms with E-state index < -0.39 is 4.92 Å². The van der Waals surface area contributed by atoms with Gasteiger partial charge in [0.1, 0.15) is 4.32 Å². The lowest BCUT2D eigenvalue weighted by atomic mass is 10.1. The molecule has 0 unspecified atom stereocenters. The molecule has 25 heavy (non-hydrogen) atoms. The highest BCUT2D eigenvalue weighted by Gasteiger charge is 2.33.